The molecule has 0 radical (unpaired) electrons. The largest absolute Gasteiger partial charge is 0.445 e. The van der Waals surface area contributed by atoms with Gasteiger partial charge in [0.05, 0.1) is 12.1 Å². The van der Waals surface area contributed by atoms with Crippen LogP contribution in [-0.2, 0) is 27.2 Å². The summed E-state index contributed by atoms with van der Waals surface area (Å²) in [7, 11) is 0. The van der Waals surface area contributed by atoms with Crippen molar-refractivity contribution in [3.05, 3.63) is 71.8 Å². The van der Waals surface area contributed by atoms with Crippen LogP contribution in [0.25, 0.3) is 0 Å². The average Bonchev–Trinajstić information content (AvgIpc) is 3.59. The summed E-state index contributed by atoms with van der Waals surface area (Å²) in [6, 6.07) is 18.6. The van der Waals surface area contributed by atoms with Crippen molar-refractivity contribution in [3.8, 4) is 0 Å². The van der Waals surface area contributed by atoms with Crippen LogP contribution in [0.3, 0.4) is 0 Å². The summed E-state index contributed by atoms with van der Waals surface area (Å²) >= 11 is 0. The van der Waals surface area contributed by atoms with Crippen LogP contribution in [0, 0.1) is 0 Å². The van der Waals surface area contributed by atoms with E-state index < -0.39 is 29.9 Å². The zero-order valence-electron chi connectivity index (χ0n) is 20.6. The first-order chi connectivity index (χ1) is 16.7. The van der Waals surface area contributed by atoms with Crippen LogP contribution in [0.5, 0.6) is 0 Å². The predicted octanol–water partition coefficient (Wildman–Crippen LogP) is 3.96. The first-order valence-electron chi connectivity index (χ1n) is 12.0. The number of carbonyl (C=O) groups is 2. The predicted molar refractivity (Wildman–Crippen MR) is 132 cm³/mol. The van der Waals surface area contributed by atoms with E-state index >= 15 is 0 Å². The third-order valence-corrected chi connectivity index (χ3v) is 5.52. The van der Waals surface area contributed by atoms with Crippen molar-refractivity contribution in [3.63, 3.8) is 0 Å². The Balaban J connectivity index is 1.41. The molecule has 0 spiro atoms. The number of rotatable bonds is 11. The minimum absolute atomic E-state index is 0.133. The zero-order chi connectivity index (χ0) is 25.3. The molecule has 0 bridgehead atoms. The molecule has 0 aromatic heterocycles. The van der Waals surface area contributed by atoms with Gasteiger partial charge in [-0.1, -0.05) is 60.7 Å². The number of nitrogens with one attached hydrogen (secondary N) is 2. The first-order valence-corrected chi connectivity index (χ1v) is 12.0. The zero-order valence-corrected chi connectivity index (χ0v) is 20.6. The molecular formula is C27H36N2O6. The smallest absolute Gasteiger partial charge is 0.407 e. The van der Waals surface area contributed by atoms with E-state index in [1.54, 1.807) is 20.8 Å². The number of hydrogen-bond acceptors (Lipinski definition) is 6. The molecule has 1 aliphatic heterocycles. The van der Waals surface area contributed by atoms with Crippen LogP contribution in [-0.4, -0.2) is 53.8 Å². The summed E-state index contributed by atoms with van der Waals surface area (Å²) in [5.74, 6) is 0. The molecule has 0 aliphatic carbocycles. The Labute approximate surface area is 207 Å². The Morgan fingerprint density at radius 1 is 1.00 bits per heavy atom. The van der Waals surface area contributed by atoms with Gasteiger partial charge < -0.3 is 30.0 Å². The molecule has 190 valence electrons. The summed E-state index contributed by atoms with van der Waals surface area (Å²) in [6.07, 6.45) is -0.657. The van der Waals surface area contributed by atoms with Gasteiger partial charge in [-0.25, -0.2) is 9.59 Å². The fourth-order valence-electron chi connectivity index (χ4n) is 3.77. The quantitative estimate of drug-likeness (QED) is 0.329. The topological polar surface area (TPSA) is 109 Å². The van der Waals surface area contributed by atoms with Crippen LogP contribution >= 0.6 is 0 Å². The fraction of sp³-hybridized carbons (Fsp3) is 0.481. The van der Waals surface area contributed by atoms with E-state index in [0.717, 1.165) is 11.1 Å². The lowest BCUT2D eigenvalue weighted by Gasteiger charge is -2.26. The van der Waals surface area contributed by atoms with Gasteiger partial charge in [-0.05, 0) is 51.2 Å². The summed E-state index contributed by atoms with van der Waals surface area (Å²) in [6.45, 7) is 6.04. The second kappa shape index (κ2) is 12.6. The highest BCUT2D eigenvalue weighted by molar-refractivity contribution is 5.68. The monoisotopic (exact) mass is 484 g/mol. The highest BCUT2D eigenvalue weighted by Crippen LogP contribution is 2.31. The molecule has 35 heavy (non-hydrogen) atoms. The molecule has 3 N–H and O–H groups in total. The van der Waals surface area contributed by atoms with Gasteiger partial charge in [-0.3, -0.25) is 0 Å². The second-order valence-electron chi connectivity index (χ2n) is 9.70. The third kappa shape index (κ3) is 9.58. The molecule has 2 aromatic rings. The van der Waals surface area contributed by atoms with Crippen molar-refractivity contribution in [2.24, 2.45) is 0 Å². The van der Waals surface area contributed by atoms with Gasteiger partial charge in [-0.15, -0.1) is 0 Å². The molecule has 1 saturated heterocycles. The van der Waals surface area contributed by atoms with Crippen molar-refractivity contribution in [1.29, 1.82) is 0 Å². The van der Waals surface area contributed by atoms with Gasteiger partial charge in [-0.2, -0.15) is 0 Å². The molecule has 3 rings (SSSR count). The Morgan fingerprint density at radius 3 is 2.26 bits per heavy atom. The number of aliphatic hydroxyl groups is 1. The molecule has 2 aromatic carbocycles. The van der Waals surface area contributed by atoms with Crippen molar-refractivity contribution in [2.45, 2.75) is 76.6 Å². The lowest BCUT2D eigenvalue weighted by atomic mass is 9.97. The van der Waals surface area contributed by atoms with Crippen LogP contribution in [0.15, 0.2) is 60.7 Å². The van der Waals surface area contributed by atoms with E-state index in [4.69, 9.17) is 14.2 Å². The molecule has 1 aliphatic rings. The maximum Gasteiger partial charge on any atom is 0.407 e. The molecule has 2 amide bonds. The summed E-state index contributed by atoms with van der Waals surface area (Å²) in [5, 5.41) is 16.5. The van der Waals surface area contributed by atoms with Crippen molar-refractivity contribution in [1.82, 2.24) is 10.6 Å². The third-order valence-electron chi connectivity index (χ3n) is 5.52. The number of alkyl carbamates (subject to hydrolysis) is 2. The molecule has 0 saturated carbocycles. The van der Waals surface area contributed by atoms with E-state index in [-0.39, 0.29) is 18.8 Å². The summed E-state index contributed by atoms with van der Waals surface area (Å²) in [5.41, 5.74) is 1.28. The Morgan fingerprint density at radius 2 is 1.63 bits per heavy atom. The minimum atomic E-state index is -0.892. The maximum atomic E-state index is 12.4. The lowest BCUT2D eigenvalue weighted by molar-refractivity contribution is 0.0387. The number of benzene rings is 2. The SMILES string of the molecule is CC(C)(C)OC(=O)N[C@@H](Cc1ccccc1)[C@@H](O)[C@@H]1O[C@H]1CCCNC(=O)OCc1ccccc1. The fourth-order valence-corrected chi connectivity index (χ4v) is 3.77. The van der Waals surface area contributed by atoms with Crippen LogP contribution in [0.1, 0.15) is 44.7 Å². The number of carbonyl (C=O) groups excluding carboxylic acids is 2. The normalized spacial score (nSPS) is 18.7. The Hall–Kier alpha value is -3.10. The number of amides is 2. The second-order valence-corrected chi connectivity index (χ2v) is 9.70. The number of ether oxygens (including phenoxy) is 3. The minimum Gasteiger partial charge on any atom is -0.445 e. The lowest BCUT2D eigenvalue weighted by Crippen LogP contribution is -2.49. The molecular weight excluding hydrogens is 448 g/mol. The van der Waals surface area contributed by atoms with Gasteiger partial charge in [0, 0.05) is 6.54 Å². The van der Waals surface area contributed by atoms with E-state index in [2.05, 4.69) is 10.6 Å². The van der Waals surface area contributed by atoms with Crippen LogP contribution in [0.2, 0.25) is 0 Å². The van der Waals surface area contributed by atoms with Crippen molar-refractivity contribution >= 4 is 12.2 Å². The number of aliphatic hydroxyl groups excluding tert-OH is 1. The van der Waals surface area contributed by atoms with Crippen LogP contribution < -0.4 is 10.6 Å². The molecule has 1 fully saturated rings. The van der Waals surface area contributed by atoms with Gasteiger partial charge in [0.1, 0.15) is 24.4 Å². The van der Waals surface area contributed by atoms with E-state index in [0.29, 0.717) is 25.8 Å². The molecule has 8 heteroatoms. The number of epoxide rings is 1. The maximum absolute atomic E-state index is 12.4. The molecule has 8 nitrogen and oxygen atoms in total. The van der Waals surface area contributed by atoms with Gasteiger partial charge in [0.25, 0.3) is 0 Å². The molecule has 4 atom stereocenters. The molecule has 0 unspecified atom stereocenters. The standard InChI is InChI=1S/C27H36N2O6/c1-27(2,3)35-26(32)29-21(17-19-11-6-4-7-12-19)23(30)24-22(34-24)15-10-16-28-25(31)33-18-20-13-8-5-9-14-20/h4-9,11-14,21-24,30H,10,15-18H2,1-3H3,(H,28,31)(H,29,32)/t21-,22-,23+,24+/m0/s1. The van der Waals surface area contributed by atoms with Gasteiger partial charge >= 0.3 is 12.2 Å². The Kier molecular flexibility index (Phi) is 9.51. The first kappa shape index (κ1) is 26.5. The Bertz CT molecular complexity index is 932. The van der Waals surface area contributed by atoms with E-state index in [1.165, 1.54) is 0 Å². The summed E-state index contributed by atoms with van der Waals surface area (Å²) < 4.78 is 16.3. The molecule has 1 heterocycles. The van der Waals surface area contributed by atoms with Gasteiger partial charge in [0.15, 0.2) is 0 Å². The van der Waals surface area contributed by atoms with E-state index in [1.807, 2.05) is 60.7 Å². The highest BCUT2D eigenvalue weighted by atomic mass is 16.6. The van der Waals surface area contributed by atoms with Crippen LogP contribution in [0.4, 0.5) is 9.59 Å². The van der Waals surface area contributed by atoms with Gasteiger partial charge in [0.2, 0.25) is 0 Å². The summed E-state index contributed by atoms with van der Waals surface area (Å²) in [4.78, 5) is 24.2. The highest BCUT2D eigenvalue weighted by Gasteiger charge is 2.47. The van der Waals surface area contributed by atoms with E-state index in [9.17, 15) is 14.7 Å². The van der Waals surface area contributed by atoms with Crippen molar-refractivity contribution in [2.75, 3.05) is 6.54 Å². The van der Waals surface area contributed by atoms with Crippen molar-refractivity contribution < 1.29 is 28.9 Å². The number of hydrogen-bond donors (Lipinski definition) is 3. The average molecular weight is 485 g/mol.